The van der Waals surface area contributed by atoms with Crippen LogP contribution in [-0.2, 0) is 13.0 Å². The summed E-state index contributed by atoms with van der Waals surface area (Å²) in [7, 11) is 0. The van der Waals surface area contributed by atoms with Crippen molar-refractivity contribution < 1.29 is 9.05 Å². The summed E-state index contributed by atoms with van der Waals surface area (Å²) in [5.74, 6) is 1.00. The second-order valence-electron chi connectivity index (χ2n) is 3.44. The molecule has 7 heteroatoms. The lowest BCUT2D eigenvalue weighted by Gasteiger charge is -1.94. The number of nitrogens with zero attached hydrogens (tertiary/aromatic N) is 4. The first-order chi connectivity index (χ1) is 7.70. The maximum absolute atomic E-state index is 11.2. The molecule has 86 valence electrons. The average molecular weight is 224 g/mol. The molecule has 0 aliphatic carbocycles. The smallest absolute Gasteiger partial charge is 0.337 e. The number of aryl methyl sites for hydroxylation is 2. The van der Waals surface area contributed by atoms with E-state index in [-0.39, 0.29) is 6.54 Å². The third kappa shape index (κ3) is 2.02. The molecule has 0 unspecified atom stereocenters. The van der Waals surface area contributed by atoms with Crippen LogP contribution in [0.1, 0.15) is 30.9 Å². The second kappa shape index (κ2) is 4.30. The van der Waals surface area contributed by atoms with E-state index in [4.69, 9.17) is 4.52 Å². The number of rotatable bonds is 4. The molecule has 0 atom stereocenters. The molecule has 0 aromatic carbocycles. The molecule has 2 aromatic rings. The molecule has 0 aliphatic rings. The maximum Gasteiger partial charge on any atom is 0.442 e. The Bertz CT molecular complexity index is 525. The molecule has 0 saturated heterocycles. The van der Waals surface area contributed by atoms with Gasteiger partial charge < -0.3 is 4.52 Å². The van der Waals surface area contributed by atoms with Gasteiger partial charge in [-0.25, -0.2) is 4.79 Å². The Labute approximate surface area is 91.1 Å². The molecule has 7 nitrogen and oxygen atoms in total. The van der Waals surface area contributed by atoms with Crippen molar-refractivity contribution in [3.63, 3.8) is 0 Å². The van der Waals surface area contributed by atoms with E-state index in [2.05, 4.69) is 19.8 Å². The van der Waals surface area contributed by atoms with Crippen molar-refractivity contribution in [2.24, 2.45) is 0 Å². The summed E-state index contributed by atoms with van der Waals surface area (Å²) in [4.78, 5) is 15.4. The zero-order valence-electron chi connectivity index (χ0n) is 9.13. The Morgan fingerprint density at radius 2 is 2.12 bits per heavy atom. The molecule has 0 aliphatic heterocycles. The second-order valence-corrected chi connectivity index (χ2v) is 3.44. The molecule has 0 radical (unpaired) electrons. The summed E-state index contributed by atoms with van der Waals surface area (Å²) in [6.45, 7) is 3.91. The van der Waals surface area contributed by atoms with E-state index in [0.29, 0.717) is 17.5 Å². The summed E-state index contributed by atoms with van der Waals surface area (Å²) in [6, 6.07) is 0. The van der Waals surface area contributed by atoms with Crippen molar-refractivity contribution in [1.82, 2.24) is 19.9 Å². The first-order valence-corrected chi connectivity index (χ1v) is 5.05. The maximum atomic E-state index is 11.2. The van der Waals surface area contributed by atoms with Crippen molar-refractivity contribution >= 4 is 0 Å². The first kappa shape index (κ1) is 10.6. The molecule has 0 N–H and O–H groups in total. The molecule has 0 fully saturated rings. The van der Waals surface area contributed by atoms with Gasteiger partial charge in [0.15, 0.2) is 11.6 Å². The third-order valence-electron chi connectivity index (χ3n) is 2.14. The Kier molecular flexibility index (Phi) is 2.84. The van der Waals surface area contributed by atoms with Crippen molar-refractivity contribution in [1.29, 1.82) is 0 Å². The van der Waals surface area contributed by atoms with Crippen LogP contribution in [0.4, 0.5) is 0 Å². The van der Waals surface area contributed by atoms with E-state index in [9.17, 15) is 4.79 Å². The van der Waals surface area contributed by atoms with E-state index >= 15 is 0 Å². The van der Waals surface area contributed by atoms with Crippen molar-refractivity contribution in [2.75, 3.05) is 0 Å². The Morgan fingerprint density at radius 1 is 1.31 bits per heavy atom. The summed E-state index contributed by atoms with van der Waals surface area (Å²) < 4.78 is 10.8. The molecule has 0 saturated carbocycles. The monoisotopic (exact) mass is 224 g/mol. The topological polar surface area (TPSA) is 87.0 Å². The van der Waals surface area contributed by atoms with E-state index in [1.807, 2.05) is 6.92 Å². The number of hydrogen-bond donors (Lipinski definition) is 0. The van der Waals surface area contributed by atoms with Crippen LogP contribution in [0.25, 0.3) is 0 Å². The van der Waals surface area contributed by atoms with Crippen LogP contribution in [0.3, 0.4) is 0 Å². The highest BCUT2D eigenvalue weighted by Gasteiger charge is 2.11. The van der Waals surface area contributed by atoms with Crippen LogP contribution in [0.5, 0.6) is 0 Å². The Balaban J connectivity index is 2.17. The summed E-state index contributed by atoms with van der Waals surface area (Å²) in [5.41, 5.74) is 0. The average Bonchev–Trinajstić information content (AvgIpc) is 2.81. The Morgan fingerprint density at radius 3 is 2.75 bits per heavy atom. The van der Waals surface area contributed by atoms with Gasteiger partial charge in [-0.05, 0) is 13.3 Å². The van der Waals surface area contributed by atoms with Gasteiger partial charge in [0.1, 0.15) is 6.54 Å². The van der Waals surface area contributed by atoms with E-state index in [1.54, 1.807) is 6.92 Å². The lowest BCUT2D eigenvalue weighted by molar-refractivity contribution is 0.351. The third-order valence-corrected chi connectivity index (χ3v) is 2.14. The van der Waals surface area contributed by atoms with Crippen LogP contribution in [0.2, 0.25) is 0 Å². The van der Waals surface area contributed by atoms with Gasteiger partial charge in [0.2, 0.25) is 5.89 Å². The summed E-state index contributed by atoms with van der Waals surface area (Å²) in [5, 5.41) is 7.33. The van der Waals surface area contributed by atoms with Crippen LogP contribution < -0.4 is 5.76 Å². The SMILES string of the molecule is CCCc1noc(Cn2c(C)noc2=O)n1. The summed E-state index contributed by atoms with van der Waals surface area (Å²) >= 11 is 0. The van der Waals surface area contributed by atoms with E-state index < -0.39 is 5.76 Å². The molecular weight excluding hydrogens is 212 g/mol. The lowest BCUT2D eigenvalue weighted by atomic mass is 10.3. The largest absolute Gasteiger partial charge is 0.442 e. The quantitative estimate of drug-likeness (QED) is 0.752. The molecule has 0 amide bonds. The molecule has 0 bridgehead atoms. The van der Waals surface area contributed by atoms with Crippen LogP contribution in [0.15, 0.2) is 13.8 Å². The number of aromatic nitrogens is 4. The van der Waals surface area contributed by atoms with Gasteiger partial charge in [-0.2, -0.15) is 4.98 Å². The fraction of sp³-hybridized carbons (Fsp3) is 0.556. The zero-order chi connectivity index (χ0) is 11.5. The van der Waals surface area contributed by atoms with Crippen molar-refractivity contribution in [3.05, 3.63) is 28.1 Å². The minimum Gasteiger partial charge on any atom is -0.337 e. The molecule has 2 heterocycles. The minimum atomic E-state index is -0.521. The van der Waals surface area contributed by atoms with E-state index in [0.717, 1.165) is 12.8 Å². The van der Waals surface area contributed by atoms with Crippen LogP contribution in [-0.4, -0.2) is 19.9 Å². The van der Waals surface area contributed by atoms with Crippen molar-refractivity contribution in [3.8, 4) is 0 Å². The predicted molar refractivity (Wildman–Crippen MR) is 52.9 cm³/mol. The summed E-state index contributed by atoms with van der Waals surface area (Å²) in [6.07, 6.45) is 1.71. The molecular formula is C9H12N4O3. The number of hydrogen-bond acceptors (Lipinski definition) is 6. The van der Waals surface area contributed by atoms with Gasteiger partial charge in [0, 0.05) is 6.42 Å². The normalized spacial score (nSPS) is 10.9. The lowest BCUT2D eigenvalue weighted by Crippen LogP contribution is -2.16. The van der Waals surface area contributed by atoms with E-state index in [1.165, 1.54) is 4.57 Å². The van der Waals surface area contributed by atoms with Gasteiger partial charge in [-0.3, -0.25) is 9.09 Å². The standard InChI is InChI=1S/C9H12N4O3/c1-3-4-7-10-8(15-12-7)5-13-6(2)11-16-9(13)14/h3-5H2,1-2H3. The van der Waals surface area contributed by atoms with Gasteiger partial charge >= 0.3 is 5.76 Å². The fourth-order valence-corrected chi connectivity index (χ4v) is 1.33. The molecule has 0 spiro atoms. The molecule has 16 heavy (non-hydrogen) atoms. The minimum absolute atomic E-state index is 0.199. The highest BCUT2D eigenvalue weighted by Crippen LogP contribution is 2.02. The molecule has 2 aromatic heterocycles. The Hall–Kier alpha value is -1.92. The van der Waals surface area contributed by atoms with Crippen LogP contribution in [0, 0.1) is 6.92 Å². The van der Waals surface area contributed by atoms with Crippen LogP contribution >= 0.6 is 0 Å². The predicted octanol–water partition coefficient (Wildman–Crippen LogP) is 0.529. The van der Waals surface area contributed by atoms with Gasteiger partial charge in [0.05, 0.1) is 0 Å². The first-order valence-electron chi connectivity index (χ1n) is 5.05. The van der Waals surface area contributed by atoms with Gasteiger partial charge in [-0.1, -0.05) is 17.2 Å². The van der Waals surface area contributed by atoms with Crippen molar-refractivity contribution in [2.45, 2.75) is 33.2 Å². The molecule has 2 rings (SSSR count). The highest BCUT2D eigenvalue weighted by molar-refractivity contribution is 4.90. The zero-order valence-corrected chi connectivity index (χ0v) is 9.13. The highest BCUT2D eigenvalue weighted by atomic mass is 16.5. The van der Waals surface area contributed by atoms with Gasteiger partial charge in [0.25, 0.3) is 0 Å². The fourth-order valence-electron chi connectivity index (χ4n) is 1.33. The van der Waals surface area contributed by atoms with Gasteiger partial charge in [-0.15, -0.1) is 0 Å².